The van der Waals surface area contributed by atoms with Crippen molar-refractivity contribution < 1.29 is 0 Å². The molecule has 9 aromatic rings. The first-order valence-electron chi connectivity index (χ1n) is 16.4. The first kappa shape index (κ1) is 26.8. The third-order valence-electron chi connectivity index (χ3n) is 9.74. The fraction of sp³-hybridized carbons (Fsp3) is 0.0227. The lowest BCUT2D eigenvalue weighted by Crippen LogP contribution is -2.23. The molecule has 1 aliphatic heterocycles. The van der Waals surface area contributed by atoms with Crippen molar-refractivity contribution in [3.05, 3.63) is 175 Å². The van der Waals surface area contributed by atoms with Crippen molar-refractivity contribution in [1.82, 2.24) is 9.55 Å². The zero-order valence-corrected chi connectivity index (χ0v) is 26.1. The van der Waals surface area contributed by atoms with Crippen molar-refractivity contribution >= 4 is 60.5 Å². The summed E-state index contributed by atoms with van der Waals surface area (Å²) in [7, 11) is 0. The highest BCUT2D eigenvalue weighted by Crippen LogP contribution is 2.47. The monoisotopic (exact) mass is 614 g/mol. The smallest absolute Gasteiger partial charge is 0.130 e. The van der Waals surface area contributed by atoms with Gasteiger partial charge in [0.2, 0.25) is 0 Å². The molecule has 4 nitrogen and oxygen atoms in total. The predicted molar refractivity (Wildman–Crippen MR) is 200 cm³/mol. The number of pyridine rings is 1. The summed E-state index contributed by atoms with van der Waals surface area (Å²) in [5, 5.41) is 9.77. The Balaban J connectivity index is 1.25. The summed E-state index contributed by atoms with van der Waals surface area (Å²) in [6.07, 6.45) is -0.0265. The number of rotatable bonds is 4. The summed E-state index contributed by atoms with van der Waals surface area (Å²) >= 11 is 0. The largest absolute Gasteiger partial charge is 0.359 e. The van der Waals surface area contributed by atoms with Crippen LogP contribution in [0.5, 0.6) is 0 Å². The summed E-state index contributed by atoms with van der Waals surface area (Å²) in [5.74, 6) is 0. The summed E-state index contributed by atoms with van der Waals surface area (Å²) in [6, 6.07) is 60.7. The van der Waals surface area contributed by atoms with Gasteiger partial charge in [0.25, 0.3) is 0 Å². The van der Waals surface area contributed by atoms with Crippen molar-refractivity contribution in [2.24, 2.45) is 0 Å². The molecule has 4 heteroatoms. The van der Waals surface area contributed by atoms with E-state index in [1.54, 1.807) is 0 Å². The third kappa shape index (κ3) is 3.99. The van der Waals surface area contributed by atoms with Crippen LogP contribution in [0.4, 0.5) is 17.1 Å². The molecule has 0 spiro atoms. The molecule has 3 heterocycles. The second kappa shape index (κ2) is 10.6. The lowest BCUT2D eigenvalue weighted by molar-refractivity contribution is 0.828. The molecule has 0 saturated carbocycles. The van der Waals surface area contributed by atoms with E-state index >= 15 is 0 Å². The normalized spacial score (nSPS) is 14.2. The Hall–Kier alpha value is -6.39. The van der Waals surface area contributed by atoms with Gasteiger partial charge >= 0.3 is 0 Å². The molecule has 1 N–H and O–H groups in total. The maximum atomic E-state index is 5.38. The molecule has 1 atom stereocenters. The van der Waals surface area contributed by atoms with Crippen LogP contribution in [-0.4, -0.2) is 9.55 Å². The second-order valence-electron chi connectivity index (χ2n) is 12.4. The van der Waals surface area contributed by atoms with E-state index in [-0.39, 0.29) is 6.17 Å². The van der Waals surface area contributed by atoms with Gasteiger partial charge in [-0.1, -0.05) is 121 Å². The zero-order chi connectivity index (χ0) is 31.6. The maximum Gasteiger partial charge on any atom is 0.130 e. The molecule has 0 radical (unpaired) electrons. The van der Waals surface area contributed by atoms with Crippen molar-refractivity contribution in [3.8, 4) is 16.9 Å². The van der Waals surface area contributed by atoms with E-state index in [1.165, 1.54) is 32.8 Å². The molecule has 1 aliphatic rings. The molecule has 2 aromatic heterocycles. The van der Waals surface area contributed by atoms with E-state index in [0.29, 0.717) is 0 Å². The average Bonchev–Trinajstić information content (AvgIpc) is 3.72. The van der Waals surface area contributed by atoms with Gasteiger partial charge in [-0.2, -0.15) is 0 Å². The molecule has 226 valence electrons. The highest BCUT2D eigenvalue weighted by Gasteiger charge is 2.31. The first-order valence-corrected chi connectivity index (χ1v) is 16.4. The molecule has 1 unspecified atom stereocenters. The Labute approximate surface area is 278 Å². The number of nitrogens with zero attached hydrogens (tertiary/aromatic N) is 3. The Morgan fingerprint density at radius 1 is 0.521 bits per heavy atom. The number of fused-ring (bicyclic) bond motifs is 8. The SMILES string of the molecule is c1ccc(C2Nc3ccccc3N2c2cccc(-c3nc4ccccc4c4c3ccc3c5ccccc5n(-c5ccccc5)c34)c2)cc1. The van der Waals surface area contributed by atoms with Gasteiger partial charge < -0.3 is 14.8 Å². The Morgan fingerprint density at radius 2 is 1.21 bits per heavy atom. The van der Waals surface area contributed by atoms with Crippen molar-refractivity contribution in [1.29, 1.82) is 0 Å². The molecule has 0 aliphatic carbocycles. The number of nitrogens with one attached hydrogen (secondary N) is 1. The number of para-hydroxylation sites is 5. The van der Waals surface area contributed by atoms with E-state index in [0.717, 1.165) is 50.3 Å². The fourth-order valence-corrected chi connectivity index (χ4v) is 7.67. The van der Waals surface area contributed by atoms with Gasteiger partial charge in [0.1, 0.15) is 6.17 Å². The molecular formula is C44H30N4. The van der Waals surface area contributed by atoms with Gasteiger partial charge in [-0.3, -0.25) is 0 Å². The molecule has 0 fully saturated rings. The summed E-state index contributed by atoms with van der Waals surface area (Å²) in [4.78, 5) is 7.79. The van der Waals surface area contributed by atoms with Crippen LogP contribution in [0.15, 0.2) is 170 Å². The highest BCUT2D eigenvalue weighted by molar-refractivity contribution is 6.26. The van der Waals surface area contributed by atoms with Gasteiger partial charge in [-0.05, 0) is 54.1 Å². The average molecular weight is 615 g/mol. The van der Waals surface area contributed by atoms with Gasteiger partial charge in [-0.15, -0.1) is 0 Å². The maximum absolute atomic E-state index is 5.38. The van der Waals surface area contributed by atoms with Gasteiger partial charge in [-0.25, -0.2) is 4.98 Å². The quantitative estimate of drug-likeness (QED) is 0.200. The Bertz CT molecular complexity index is 2660. The van der Waals surface area contributed by atoms with Crippen molar-refractivity contribution in [3.63, 3.8) is 0 Å². The van der Waals surface area contributed by atoms with Crippen LogP contribution < -0.4 is 10.2 Å². The third-order valence-corrected chi connectivity index (χ3v) is 9.74. The Morgan fingerprint density at radius 3 is 2.08 bits per heavy atom. The minimum Gasteiger partial charge on any atom is -0.359 e. The molecule has 7 aromatic carbocycles. The lowest BCUT2D eigenvalue weighted by Gasteiger charge is -2.28. The topological polar surface area (TPSA) is 33.1 Å². The van der Waals surface area contributed by atoms with Crippen LogP contribution >= 0.6 is 0 Å². The van der Waals surface area contributed by atoms with Gasteiger partial charge in [0.15, 0.2) is 0 Å². The number of hydrogen-bond acceptors (Lipinski definition) is 3. The standard InChI is InChI=1S/C44H30N4/c1-3-14-29(15-4-1)44-46-38-23-10-12-25-40(38)48(44)32-19-13-16-30(28-32)42-36-27-26-34-33-20-8-11-24-39(33)47(31-17-5-2-6-18-31)43(34)41(36)35-21-7-9-22-37(35)45-42/h1-28,44,46H. The van der Waals surface area contributed by atoms with E-state index < -0.39 is 0 Å². The molecule has 0 saturated heterocycles. The number of anilines is 3. The molecule has 0 amide bonds. The molecule has 48 heavy (non-hydrogen) atoms. The van der Waals surface area contributed by atoms with Crippen molar-refractivity contribution in [2.45, 2.75) is 6.17 Å². The zero-order valence-electron chi connectivity index (χ0n) is 26.1. The van der Waals surface area contributed by atoms with E-state index in [4.69, 9.17) is 4.98 Å². The van der Waals surface area contributed by atoms with E-state index in [1.807, 2.05) is 0 Å². The molecule has 10 rings (SSSR count). The van der Waals surface area contributed by atoms with E-state index in [2.05, 4.69) is 185 Å². The minimum atomic E-state index is -0.0265. The summed E-state index contributed by atoms with van der Waals surface area (Å²) in [6.45, 7) is 0. The lowest BCUT2D eigenvalue weighted by atomic mass is 9.97. The summed E-state index contributed by atoms with van der Waals surface area (Å²) < 4.78 is 2.43. The van der Waals surface area contributed by atoms with Gasteiger partial charge in [0.05, 0.1) is 33.6 Å². The highest BCUT2D eigenvalue weighted by atomic mass is 15.3. The van der Waals surface area contributed by atoms with Crippen molar-refractivity contribution in [2.75, 3.05) is 10.2 Å². The summed E-state index contributed by atoms with van der Waals surface area (Å²) in [5.41, 5.74) is 11.2. The number of hydrogen-bond donors (Lipinski definition) is 1. The number of benzene rings is 7. The number of aromatic nitrogens is 2. The van der Waals surface area contributed by atoms with Crippen LogP contribution in [0.25, 0.3) is 60.4 Å². The van der Waals surface area contributed by atoms with Crippen LogP contribution in [0.3, 0.4) is 0 Å². The fourth-order valence-electron chi connectivity index (χ4n) is 7.67. The van der Waals surface area contributed by atoms with E-state index in [9.17, 15) is 0 Å². The van der Waals surface area contributed by atoms with Crippen LogP contribution in [0, 0.1) is 0 Å². The molecule has 0 bridgehead atoms. The Kier molecular flexibility index (Phi) is 5.90. The van der Waals surface area contributed by atoms with Crippen LogP contribution in [-0.2, 0) is 0 Å². The predicted octanol–water partition coefficient (Wildman–Crippen LogP) is 11.4. The van der Waals surface area contributed by atoms with Crippen LogP contribution in [0.2, 0.25) is 0 Å². The van der Waals surface area contributed by atoms with Crippen LogP contribution in [0.1, 0.15) is 11.7 Å². The van der Waals surface area contributed by atoms with Gasteiger partial charge in [0, 0.05) is 43.9 Å². The first-order chi connectivity index (χ1) is 23.8. The minimum absolute atomic E-state index is 0.0265. The second-order valence-corrected chi connectivity index (χ2v) is 12.4. The molecular weight excluding hydrogens is 585 g/mol.